The lowest BCUT2D eigenvalue weighted by Gasteiger charge is -2.14. The summed E-state index contributed by atoms with van der Waals surface area (Å²) in [6, 6.07) is 14.1. The van der Waals surface area contributed by atoms with Crippen molar-refractivity contribution in [1.29, 1.82) is 0 Å². The molecular weight excluding hydrogens is 376 g/mol. The van der Waals surface area contributed by atoms with Crippen LogP contribution >= 0.6 is 27.5 Å². The third kappa shape index (κ3) is 5.34. The van der Waals surface area contributed by atoms with Crippen molar-refractivity contribution in [1.82, 2.24) is 0 Å². The van der Waals surface area contributed by atoms with E-state index in [9.17, 15) is 4.79 Å². The highest BCUT2D eigenvalue weighted by Gasteiger charge is 2.15. The second kappa shape index (κ2) is 8.48. The minimum atomic E-state index is -0.0497. The average Bonchev–Trinajstić information content (AvgIpc) is 2.52. The summed E-state index contributed by atoms with van der Waals surface area (Å²) in [5.41, 5.74) is 2.95. The zero-order valence-corrected chi connectivity index (χ0v) is 15.6. The van der Waals surface area contributed by atoms with E-state index in [1.165, 1.54) is 5.56 Å². The number of aryl methyl sites for hydroxylation is 1. The van der Waals surface area contributed by atoms with Crippen molar-refractivity contribution in [2.24, 2.45) is 0 Å². The van der Waals surface area contributed by atoms with Crippen LogP contribution in [-0.2, 0) is 4.79 Å². The first-order chi connectivity index (χ1) is 11.0. The molecule has 0 fully saturated rings. The highest BCUT2D eigenvalue weighted by molar-refractivity contribution is 9.10. The Morgan fingerprint density at radius 3 is 2.57 bits per heavy atom. The van der Waals surface area contributed by atoms with E-state index in [1.807, 2.05) is 37.3 Å². The smallest absolute Gasteiger partial charge is 0.279 e. The number of carbonyl (C=O) groups is 1. The zero-order chi connectivity index (χ0) is 16.8. The summed E-state index contributed by atoms with van der Waals surface area (Å²) < 4.78 is 1.06. The number of hydrogen-bond acceptors (Lipinski definition) is 1. The van der Waals surface area contributed by atoms with Crippen LogP contribution in [0.4, 0.5) is 5.69 Å². The fraction of sp³-hybridized carbons (Fsp3) is 0.278. The van der Waals surface area contributed by atoms with E-state index in [1.54, 1.807) is 0 Å². The van der Waals surface area contributed by atoms with Gasteiger partial charge in [0.05, 0.1) is 10.7 Å². The highest BCUT2D eigenvalue weighted by Crippen LogP contribution is 2.22. The first-order valence-corrected chi connectivity index (χ1v) is 8.81. The summed E-state index contributed by atoms with van der Waals surface area (Å²) in [6.07, 6.45) is 0.959. The van der Waals surface area contributed by atoms with Crippen molar-refractivity contribution in [3.05, 3.63) is 63.1 Å². The molecule has 3 N–H and O–H groups in total. The molecule has 5 heteroatoms. The molecule has 0 bridgehead atoms. The Kier molecular flexibility index (Phi) is 6.63. The van der Waals surface area contributed by atoms with Crippen molar-refractivity contribution in [2.75, 3.05) is 11.9 Å². The first-order valence-electron chi connectivity index (χ1n) is 7.64. The Labute approximate surface area is 150 Å². The quantitative estimate of drug-likeness (QED) is 0.760. The van der Waals surface area contributed by atoms with Gasteiger partial charge >= 0.3 is 0 Å². The van der Waals surface area contributed by atoms with E-state index < -0.39 is 0 Å². The average molecular weight is 397 g/mol. The molecule has 2 aromatic rings. The highest BCUT2D eigenvalue weighted by atomic mass is 79.9. The van der Waals surface area contributed by atoms with Crippen molar-refractivity contribution < 1.29 is 10.1 Å². The predicted molar refractivity (Wildman–Crippen MR) is 98.8 cm³/mol. The van der Waals surface area contributed by atoms with Gasteiger partial charge in [-0.05, 0) is 36.8 Å². The number of amides is 1. The number of halogens is 2. The molecule has 0 unspecified atom stereocenters. The predicted octanol–water partition coefficient (Wildman–Crippen LogP) is 4.06. The molecule has 0 saturated heterocycles. The molecule has 1 amide bonds. The van der Waals surface area contributed by atoms with E-state index in [-0.39, 0.29) is 11.9 Å². The number of quaternary nitrogens is 1. The van der Waals surface area contributed by atoms with Gasteiger partial charge in [-0.25, -0.2) is 0 Å². The number of hydrogen-bond donors (Lipinski definition) is 2. The fourth-order valence-electron chi connectivity index (χ4n) is 2.42. The summed E-state index contributed by atoms with van der Waals surface area (Å²) in [7, 11) is 0. The molecule has 122 valence electrons. The maximum absolute atomic E-state index is 12.1. The third-order valence-electron chi connectivity index (χ3n) is 3.72. The molecule has 0 aromatic heterocycles. The van der Waals surface area contributed by atoms with Gasteiger partial charge in [0, 0.05) is 16.5 Å². The Balaban J connectivity index is 1.93. The third-order valence-corrected chi connectivity index (χ3v) is 4.57. The SMILES string of the molecule is CC[C@H]([NH2+]CC(=O)Nc1ccc(C)cc1Cl)c1ccc(Br)cc1. The topological polar surface area (TPSA) is 45.7 Å². The second-order valence-corrected chi connectivity index (χ2v) is 6.86. The Bertz CT molecular complexity index is 673. The van der Waals surface area contributed by atoms with Gasteiger partial charge in [0.2, 0.25) is 0 Å². The Morgan fingerprint density at radius 1 is 1.26 bits per heavy atom. The van der Waals surface area contributed by atoms with E-state index in [0.717, 1.165) is 16.5 Å². The van der Waals surface area contributed by atoms with E-state index in [4.69, 9.17) is 11.6 Å². The zero-order valence-electron chi connectivity index (χ0n) is 13.3. The van der Waals surface area contributed by atoms with Crippen molar-refractivity contribution in [3.63, 3.8) is 0 Å². The van der Waals surface area contributed by atoms with Crippen LogP contribution < -0.4 is 10.6 Å². The van der Waals surface area contributed by atoms with Gasteiger partial charge in [-0.3, -0.25) is 4.79 Å². The lowest BCUT2D eigenvalue weighted by atomic mass is 10.0. The molecule has 2 aromatic carbocycles. The van der Waals surface area contributed by atoms with Crippen LogP contribution in [0.1, 0.15) is 30.5 Å². The van der Waals surface area contributed by atoms with E-state index >= 15 is 0 Å². The van der Waals surface area contributed by atoms with Gasteiger partial charge in [0.25, 0.3) is 5.91 Å². The van der Waals surface area contributed by atoms with Crippen molar-refractivity contribution in [3.8, 4) is 0 Å². The van der Waals surface area contributed by atoms with Crippen LogP contribution in [0, 0.1) is 6.92 Å². The molecule has 1 atom stereocenters. The van der Waals surface area contributed by atoms with Crippen LogP contribution in [0.5, 0.6) is 0 Å². The van der Waals surface area contributed by atoms with E-state index in [0.29, 0.717) is 17.3 Å². The van der Waals surface area contributed by atoms with Crippen LogP contribution in [0.3, 0.4) is 0 Å². The minimum Gasteiger partial charge on any atom is -0.332 e. The van der Waals surface area contributed by atoms with Gasteiger partial charge in [-0.1, -0.05) is 52.7 Å². The number of carbonyl (C=O) groups excluding carboxylic acids is 1. The first kappa shape index (κ1) is 18.0. The lowest BCUT2D eigenvalue weighted by Crippen LogP contribution is -2.87. The van der Waals surface area contributed by atoms with E-state index in [2.05, 4.69) is 45.6 Å². The molecule has 3 nitrogen and oxygen atoms in total. The standard InChI is InChI=1S/C18H20BrClN2O/c1-3-16(13-5-7-14(19)8-6-13)21-11-18(23)22-17-9-4-12(2)10-15(17)20/h4-10,16,21H,3,11H2,1-2H3,(H,22,23)/p+1/t16-/m0/s1. The number of rotatable bonds is 6. The number of benzene rings is 2. The van der Waals surface area contributed by atoms with Gasteiger partial charge in [0.1, 0.15) is 6.04 Å². The summed E-state index contributed by atoms with van der Waals surface area (Å²) in [5.74, 6) is -0.0497. The molecule has 2 rings (SSSR count). The Hall–Kier alpha value is -1.36. The maximum Gasteiger partial charge on any atom is 0.279 e. The molecular formula is C18H21BrClN2O+. The number of nitrogens with two attached hydrogens (primary N) is 1. The minimum absolute atomic E-state index is 0.0497. The largest absolute Gasteiger partial charge is 0.332 e. The number of anilines is 1. The van der Waals surface area contributed by atoms with Crippen molar-refractivity contribution >= 4 is 39.1 Å². The van der Waals surface area contributed by atoms with Gasteiger partial charge in [-0.15, -0.1) is 0 Å². The Morgan fingerprint density at radius 2 is 1.96 bits per heavy atom. The summed E-state index contributed by atoms with van der Waals surface area (Å²) >= 11 is 9.59. The fourth-order valence-corrected chi connectivity index (χ4v) is 2.97. The number of nitrogens with one attached hydrogen (secondary N) is 1. The molecule has 0 heterocycles. The molecule has 0 spiro atoms. The monoisotopic (exact) mass is 395 g/mol. The van der Waals surface area contributed by atoms with Crippen LogP contribution in [0.25, 0.3) is 0 Å². The molecule has 0 aliphatic rings. The van der Waals surface area contributed by atoms with Gasteiger partial charge in [0.15, 0.2) is 6.54 Å². The van der Waals surface area contributed by atoms with Crippen molar-refractivity contribution in [2.45, 2.75) is 26.3 Å². The second-order valence-electron chi connectivity index (χ2n) is 5.54. The molecule has 0 radical (unpaired) electrons. The molecule has 0 aliphatic carbocycles. The van der Waals surface area contributed by atoms with Crippen LogP contribution in [0.15, 0.2) is 46.9 Å². The summed E-state index contributed by atoms with van der Waals surface area (Å²) in [6.45, 7) is 4.45. The molecule has 0 saturated carbocycles. The molecule has 0 aliphatic heterocycles. The normalized spacial score (nSPS) is 12.0. The van der Waals surface area contributed by atoms with Crippen LogP contribution in [-0.4, -0.2) is 12.5 Å². The molecule has 23 heavy (non-hydrogen) atoms. The summed E-state index contributed by atoms with van der Waals surface area (Å²) in [4.78, 5) is 12.1. The van der Waals surface area contributed by atoms with Gasteiger partial charge in [-0.2, -0.15) is 0 Å². The lowest BCUT2D eigenvalue weighted by molar-refractivity contribution is -0.686. The summed E-state index contributed by atoms with van der Waals surface area (Å²) in [5, 5.41) is 5.49. The van der Waals surface area contributed by atoms with Gasteiger partial charge < -0.3 is 10.6 Å². The maximum atomic E-state index is 12.1. The van der Waals surface area contributed by atoms with Crippen LogP contribution in [0.2, 0.25) is 5.02 Å².